The Bertz CT molecular complexity index is 196. The maximum absolute atomic E-state index is 9.18. The number of aliphatic hydroxyl groups is 1. The number of halogens is 1. The van der Waals surface area contributed by atoms with Crippen LogP contribution in [0.25, 0.3) is 0 Å². The summed E-state index contributed by atoms with van der Waals surface area (Å²) in [5.41, 5.74) is 1.19. The van der Waals surface area contributed by atoms with E-state index in [2.05, 4.69) is 15.9 Å². The molecule has 0 saturated heterocycles. The summed E-state index contributed by atoms with van der Waals surface area (Å²) in [4.78, 5) is 0. The standard InChI is InChI=1S/C8H11BrO/c9-6-5-7-1-3-8(10)4-2-7/h1-3,8,10H,4-6H2/i8D. The molecule has 0 aromatic heterocycles. The summed E-state index contributed by atoms with van der Waals surface area (Å²) >= 11 is 3.33. The fraction of sp³-hybridized carbons (Fsp3) is 0.500. The molecule has 1 unspecified atom stereocenters. The van der Waals surface area contributed by atoms with Gasteiger partial charge in [-0.1, -0.05) is 39.7 Å². The molecule has 0 fully saturated rings. The highest BCUT2D eigenvalue weighted by molar-refractivity contribution is 9.09. The van der Waals surface area contributed by atoms with Gasteiger partial charge in [-0.15, -0.1) is 0 Å². The van der Waals surface area contributed by atoms with E-state index in [1.165, 1.54) is 11.6 Å². The third-order valence-electron chi connectivity index (χ3n) is 1.45. The molecule has 56 valence electrons. The van der Waals surface area contributed by atoms with Gasteiger partial charge in [-0.2, -0.15) is 0 Å². The highest BCUT2D eigenvalue weighted by Crippen LogP contribution is 2.13. The third kappa shape index (κ3) is 2.27. The van der Waals surface area contributed by atoms with Gasteiger partial charge in [0.25, 0.3) is 0 Å². The second-order valence-electron chi connectivity index (χ2n) is 2.25. The first-order valence-electron chi connectivity index (χ1n) is 3.81. The Morgan fingerprint density at radius 1 is 1.90 bits per heavy atom. The van der Waals surface area contributed by atoms with Crippen molar-refractivity contribution in [1.82, 2.24) is 0 Å². The van der Waals surface area contributed by atoms with Crippen LogP contribution in [0.4, 0.5) is 0 Å². The Labute approximate surface area is 71.0 Å². The highest BCUT2D eigenvalue weighted by atomic mass is 79.9. The number of alkyl halides is 1. The van der Waals surface area contributed by atoms with E-state index in [1.807, 2.05) is 12.2 Å². The minimum absolute atomic E-state index is 0.409. The Morgan fingerprint density at radius 2 is 2.70 bits per heavy atom. The third-order valence-corrected chi connectivity index (χ3v) is 1.84. The van der Waals surface area contributed by atoms with Crippen molar-refractivity contribution < 1.29 is 6.48 Å². The van der Waals surface area contributed by atoms with E-state index in [-0.39, 0.29) is 0 Å². The topological polar surface area (TPSA) is 20.2 Å². The predicted molar refractivity (Wildman–Crippen MR) is 46.3 cm³/mol. The van der Waals surface area contributed by atoms with Gasteiger partial charge >= 0.3 is 0 Å². The number of rotatable bonds is 2. The average molecular weight is 204 g/mol. The van der Waals surface area contributed by atoms with Crippen LogP contribution in [0.1, 0.15) is 14.2 Å². The van der Waals surface area contributed by atoms with Gasteiger partial charge in [-0.3, -0.25) is 0 Å². The molecular formula is C8H11BrO. The highest BCUT2D eigenvalue weighted by Gasteiger charge is 2.02. The van der Waals surface area contributed by atoms with E-state index in [0.717, 1.165) is 11.8 Å². The van der Waals surface area contributed by atoms with Gasteiger partial charge in [0, 0.05) is 5.33 Å². The number of hydrogen-bond donors (Lipinski definition) is 1. The summed E-state index contributed by atoms with van der Waals surface area (Å²) in [6.45, 7) is 0. The molecule has 0 aliphatic heterocycles. The van der Waals surface area contributed by atoms with E-state index >= 15 is 0 Å². The molecular weight excluding hydrogens is 192 g/mol. The molecule has 0 saturated carbocycles. The minimum atomic E-state index is -1.37. The van der Waals surface area contributed by atoms with Crippen LogP contribution in [0, 0.1) is 0 Å². The van der Waals surface area contributed by atoms with Crippen molar-refractivity contribution in [3.8, 4) is 0 Å². The van der Waals surface area contributed by atoms with Crippen molar-refractivity contribution in [3.63, 3.8) is 0 Å². The minimum Gasteiger partial charge on any atom is -0.389 e. The molecule has 2 heteroatoms. The number of hydrogen-bond acceptors (Lipinski definition) is 1. The van der Waals surface area contributed by atoms with E-state index in [0.29, 0.717) is 6.42 Å². The van der Waals surface area contributed by atoms with Crippen LogP contribution in [0.5, 0.6) is 0 Å². The van der Waals surface area contributed by atoms with Crippen molar-refractivity contribution in [2.45, 2.75) is 18.9 Å². The summed E-state index contributed by atoms with van der Waals surface area (Å²) in [5.74, 6) is 0. The monoisotopic (exact) mass is 203 g/mol. The zero-order chi connectivity index (χ0) is 8.32. The molecule has 1 atom stereocenters. The lowest BCUT2D eigenvalue weighted by molar-refractivity contribution is 0.225. The Morgan fingerprint density at radius 3 is 3.20 bits per heavy atom. The van der Waals surface area contributed by atoms with Gasteiger partial charge in [-0.25, -0.2) is 0 Å². The average Bonchev–Trinajstić information content (AvgIpc) is 1.94. The van der Waals surface area contributed by atoms with Crippen LogP contribution in [-0.4, -0.2) is 16.5 Å². The van der Waals surface area contributed by atoms with Crippen LogP contribution < -0.4 is 0 Å². The SMILES string of the molecule is [2H]C1(O)C=CC(CCBr)=CC1. The molecule has 1 aliphatic carbocycles. The summed E-state index contributed by atoms with van der Waals surface area (Å²) < 4.78 is 7.26. The lowest BCUT2D eigenvalue weighted by atomic mass is 10.0. The Hall–Kier alpha value is -0.0800. The van der Waals surface area contributed by atoms with Crippen LogP contribution >= 0.6 is 15.9 Å². The van der Waals surface area contributed by atoms with Gasteiger partial charge in [0.1, 0.15) is 0 Å². The summed E-state index contributed by atoms with van der Waals surface area (Å²) in [6.07, 6.45) is 5.27. The first kappa shape index (κ1) is 6.62. The van der Waals surface area contributed by atoms with Gasteiger partial charge in [0.05, 0.1) is 7.45 Å². The second-order valence-corrected chi connectivity index (χ2v) is 3.04. The predicted octanol–water partition coefficient (Wildman–Crippen LogP) is 2.02. The normalized spacial score (nSPS) is 33.4. The van der Waals surface area contributed by atoms with E-state index in [4.69, 9.17) is 1.37 Å². The van der Waals surface area contributed by atoms with Gasteiger partial charge in [-0.05, 0) is 12.8 Å². The molecule has 0 bridgehead atoms. The van der Waals surface area contributed by atoms with Crippen molar-refractivity contribution in [1.29, 1.82) is 0 Å². The quantitative estimate of drug-likeness (QED) is 0.682. The van der Waals surface area contributed by atoms with Crippen molar-refractivity contribution >= 4 is 15.9 Å². The lowest BCUT2D eigenvalue weighted by Gasteiger charge is -2.09. The maximum Gasteiger partial charge on any atom is 0.0758 e. The molecule has 0 aromatic carbocycles. The summed E-state index contributed by atoms with van der Waals surface area (Å²) in [6, 6.07) is 0. The number of allylic oxidation sites excluding steroid dienone is 2. The van der Waals surface area contributed by atoms with Gasteiger partial charge in [0.2, 0.25) is 0 Å². The van der Waals surface area contributed by atoms with Crippen molar-refractivity contribution in [2.24, 2.45) is 0 Å². The van der Waals surface area contributed by atoms with E-state index in [1.54, 1.807) is 0 Å². The molecule has 0 aromatic rings. The Kier molecular flexibility index (Phi) is 2.61. The van der Waals surface area contributed by atoms with Gasteiger partial charge in [0.15, 0.2) is 0 Å². The van der Waals surface area contributed by atoms with Crippen LogP contribution in [0.15, 0.2) is 23.8 Å². The van der Waals surface area contributed by atoms with Crippen LogP contribution in [0.3, 0.4) is 0 Å². The Balaban J connectivity index is 2.53. The molecule has 1 nitrogen and oxygen atoms in total. The first-order chi connectivity index (χ1) is 5.14. The van der Waals surface area contributed by atoms with E-state index < -0.39 is 6.08 Å². The molecule has 10 heavy (non-hydrogen) atoms. The summed E-state index contributed by atoms with van der Waals surface area (Å²) in [5, 5.41) is 10.1. The molecule has 0 radical (unpaired) electrons. The second kappa shape index (κ2) is 3.94. The zero-order valence-electron chi connectivity index (χ0n) is 6.68. The van der Waals surface area contributed by atoms with Crippen molar-refractivity contribution in [2.75, 3.05) is 5.33 Å². The fourth-order valence-corrected chi connectivity index (χ4v) is 1.33. The molecule has 1 aliphatic rings. The zero-order valence-corrected chi connectivity index (χ0v) is 7.26. The van der Waals surface area contributed by atoms with Crippen molar-refractivity contribution in [3.05, 3.63) is 23.8 Å². The molecule has 0 heterocycles. The largest absolute Gasteiger partial charge is 0.389 e. The lowest BCUT2D eigenvalue weighted by Crippen LogP contribution is -2.04. The molecule has 1 N–H and O–H groups in total. The molecule has 0 spiro atoms. The van der Waals surface area contributed by atoms with E-state index in [9.17, 15) is 5.11 Å². The molecule has 0 amide bonds. The van der Waals surface area contributed by atoms with Gasteiger partial charge < -0.3 is 5.11 Å². The van der Waals surface area contributed by atoms with Crippen LogP contribution in [0.2, 0.25) is 0 Å². The maximum atomic E-state index is 9.18. The smallest absolute Gasteiger partial charge is 0.0758 e. The fourth-order valence-electron chi connectivity index (χ4n) is 0.869. The first-order valence-corrected chi connectivity index (χ1v) is 4.43. The summed E-state index contributed by atoms with van der Waals surface area (Å²) in [7, 11) is 0. The van der Waals surface area contributed by atoms with Crippen LogP contribution in [-0.2, 0) is 0 Å². The molecule has 1 rings (SSSR count).